The fraction of sp³-hybridized carbons (Fsp3) is 0.895. The number of likely N-dealkylation sites (tertiary alicyclic amines) is 1. The van der Waals surface area contributed by atoms with E-state index in [0.29, 0.717) is 19.3 Å². The molecule has 0 bridgehead atoms. The summed E-state index contributed by atoms with van der Waals surface area (Å²) in [6.07, 6.45) is -3.33. The number of carbonyl (C=O) groups is 2. The largest absolute Gasteiger partial charge is 0.444 e. The number of halogens is 3. The molecule has 2 aliphatic carbocycles. The van der Waals surface area contributed by atoms with Gasteiger partial charge < -0.3 is 14.8 Å². The topological polar surface area (TPSA) is 67.9 Å². The molecule has 1 aliphatic heterocycles. The zero-order chi connectivity index (χ0) is 20.9. The number of hydrogen-bond donors (Lipinski definition) is 1. The first kappa shape index (κ1) is 21.2. The van der Waals surface area contributed by atoms with Crippen LogP contribution in [0.3, 0.4) is 0 Å². The number of rotatable bonds is 3. The van der Waals surface area contributed by atoms with Crippen LogP contribution in [0.25, 0.3) is 0 Å². The smallest absolute Gasteiger partial charge is 0.417 e. The third-order valence-corrected chi connectivity index (χ3v) is 5.97. The van der Waals surface area contributed by atoms with Gasteiger partial charge in [-0.05, 0) is 58.8 Å². The lowest BCUT2D eigenvalue weighted by Crippen LogP contribution is -2.57. The van der Waals surface area contributed by atoms with Gasteiger partial charge in [-0.1, -0.05) is 0 Å². The van der Waals surface area contributed by atoms with E-state index >= 15 is 0 Å². The highest BCUT2D eigenvalue weighted by Crippen LogP contribution is 2.49. The molecule has 9 heteroatoms. The van der Waals surface area contributed by atoms with E-state index in [2.05, 4.69) is 5.32 Å². The van der Waals surface area contributed by atoms with Crippen LogP contribution in [0.4, 0.5) is 18.0 Å². The summed E-state index contributed by atoms with van der Waals surface area (Å²) < 4.78 is 50.7. The van der Waals surface area contributed by atoms with Gasteiger partial charge in [-0.25, -0.2) is 4.79 Å². The Hall–Kier alpha value is -1.51. The van der Waals surface area contributed by atoms with Gasteiger partial charge >= 0.3 is 12.3 Å². The minimum Gasteiger partial charge on any atom is -0.444 e. The molecular weight excluding hydrogens is 377 g/mol. The van der Waals surface area contributed by atoms with Gasteiger partial charge in [-0.3, -0.25) is 9.69 Å². The third-order valence-electron chi connectivity index (χ3n) is 5.97. The Balaban J connectivity index is 1.66. The first-order valence-electron chi connectivity index (χ1n) is 9.80. The van der Waals surface area contributed by atoms with Gasteiger partial charge in [-0.15, -0.1) is 0 Å². The Labute approximate surface area is 163 Å². The van der Waals surface area contributed by atoms with Crippen LogP contribution >= 0.6 is 0 Å². The zero-order valence-electron chi connectivity index (χ0n) is 16.8. The van der Waals surface area contributed by atoms with Crippen LogP contribution in [-0.2, 0) is 14.3 Å². The molecule has 2 saturated carbocycles. The van der Waals surface area contributed by atoms with Crippen LogP contribution in [0.2, 0.25) is 0 Å². The number of nitrogens with zero attached hydrogens (tertiary/aromatic N) is 1. The maximum Gasteiger partial charge on any atom is 0.417 e. The second kappa shape index (κ2) is 7.07. The van der Waals surface area contributed by atoms with Gasteiger partial charge in [0.2, 0.25) is 5.91 Å². The quantitative estimate of drug-likeness (QED) is 0.780. The number of carbonyl (C=O) groups excluding carboxylic acids is 2. The molecule has 0 spiro atoms. The maximum absolute atomic E-state index is 13.5. The number of ether oxygens (including phenoxy) is 2. The first-order valence-corrected chi connectivity index (χ1v) is 9.80. The number of nitrogens with one attached hydrogen (secondary N) is 1. The molecule has 28 heavy (non-hydrogen) atoms. The third kappa shape index (κ3) is 4.09. The van der Waals surface area contributed by atoms with Crippen molar-refractivity contribution >= 4 is 12.0 Å². The second-order valence-corrected chi connectivity index (χ2v) is 9.20. The van der Waals surface area contributed by atoms with Crippen molar-refractivity contribution in [3.8, 4) is 0 Å². The second-order valence-electron chi connectivity index (χ2n) is 9.20. The van der Waals surface area contributed by atoms with Crippen LogP contribution in [-0.4, -0.2) is 59.5 Å². The van der Waals surface area contributed by atoms with E-state index in [1.165, 1.54) is 4.90 Å². The molecule has 3 fully saturated rings. The highest BCUT2D eigenvalue weighted by molar-refractivity contribution is 5.87. The molecule has 0 radical (unpaired) electrons. The van der Waals surface area contributed by atoms with E-state index in [1.54, 1.807) is 20.8 Å². The molecule has 1 heterocycles. The van der Waals surface area contributed by atoms with E-state index in [9.17, 15) is 22.8 Å². The molecule has 6 nitrogen and oxygen atoms in total. The van der Waals surface area contributed by atoms with Crippen LogP contribution in [0.1, 0.15) is 59.3 Å². The first-order chi connectivity index (χ1) is 12.9. The van der Waals surface area contributed by atoms with Crippen molar-refractivity contribution in [2.75, 3.05) is 7.11 Å². The van der Waals surface area contributed by atoms with Gasteiger partial charge in [0.1, 0.15) is 11.6 Å². The van der Waals surface area contributed by atoms with Crippen molar-refractivity contribution in [3.05, 3.63) is 0 Å². The lowest BCUT2D eigenvalue weighted by atomic mass is 9.81. The molecule has 1 N–H and O–H groups in total. The summed E-state index contributed by atoms with van der Waals surface area (Å²) in [6.45, 7) is 5.26. The monoisotopic (exact) mass is 406 g/mol. The lowest BCUT2D eigenvalue weighted by molar-refractivity contribution is -0.281. The summed E-state index contributed by atoms with van der Waals surface area (Å²) in [5, 5.41) is 2.74. The molecular formula is C19H29F3N2O4. The van der Waals surface area contributed by atoms with Gasteiger partial charge in [0.25, 0.3) is 0 Å². The summed E-state index contributed by atoms with van der Waals surface area (Å²) in [5.41, 5.74) is -2.91. The Morgan fingerprint density at radius 1 is 1.18 bits per heavy atom. The van der Waals surface area contributed by atoms with Gasteiger partial charge in [0.15, 0.2) is 5.60 Å². The summed E-state index contributed by atoms with van der Waals surface area (Å²) >= 11 is 0. The number of piperidine rings is 1. The number of hydrogen-bond acceptors (Lipinski definition) is 4. The minimum absolute atomic E-state index is 0.00908. The number of amides is 2. The molecule has 2 amide bonds. The van der Waals surface area contributed by atoms with Crippen LogP contribution in [0, 0.1) is 5.92 Å². The molecule has 0 aromatic rings. The van der Waals surface area contributed by atoms with Crippen LogP contribution in [0.5, 0.6) is 0 Å². The lowest BCUT2D eigenvalue weighted by Gasteiger charge is -2.41. The van der Waals surface area contributed by atoms with Crippen molar-refractivity contribution in [2.45, 2.75) is 94.8 Å². The number of methoxy groups -OCH3 is 1. The Morgan fingerprint density at radius 2 is 1.86 bits per heavy atom. The fourth-order valence-electron chi connectivity index (χ4n) is 4.48. The maximum atomic E-state index is 13.5. The predicted molar refractivity (Wildman–Crippen MR) is 94.6 cm³/mol. The molecule has 0 aromatic heterocycles. The zero-order valence-corrected chi connectivity index (χ0v) is 16.8. The van der Waals surface area contributed by atoms with E-state index in [4.69, 9.17) is 9.47 Å². The molecule has 2 unspecified atom stereocenters. The van der Waals surface area contributed by atoms with E-state index in [-0.39, 0.29) is 24.8 Å². The molecule has 1 saturated heterocycles. The van der Waals surface area contributed by atoms with E-state index < -0.39 is 41.5 Å². The van der Waals surface area contributed by atoms with Crippen molar-refractivity contribution in [1.29, 1.82) is 0 Å². The summed E-state index contributed by atoms with van der Waals surface area (Å²) in [7, 11) is 1.06. The van der Waals surface area contributed by atoms with Gasteiger partial charge in [-0.2, -0.15) is 13.2 Å². The van der Waals surface area contributed by atoms with E-state index in [1.807, 2.05) is 0 Å². The van der Waals surface area contributed by atoms with Gasteiger partial charge in [0, 0.05) is 25.6 Å². The average Bonchev–Trinajstić information content (AvgIpc) is 3.21. The molecule has 160 valence electrons. The van der Waals surface area contributed by atoms with E-state index in [0.717, 1.165) is 13.5 Å². The predicted octanol–water partition coefficient (Wildman–Crippen LogP) is 3.39. The van der Waals surface area contributed by atoms with Crippen LogP contribution in [0.15, 0.2) is 0 Å². The summed E-state index contributed by atoms with van der Waals surface area (Å²) in [5.74, 6) is -0.139. The van der Waals surface area contributed by atoms with Crippen molar-refractivity contribution < 1.29 is 32.2 Å². The number of fused-ring (bicyclic) bond motifs is 1. The van der Waals surface area contributed by atoms with Gasteiger partial charge in [0.05, 0.1) is 0 Å². The van der Waals surface area contributed by atoms with Crippen molar-refractivity contribution in [2.24, 2.45) is 5.92 Å². The van der Waals surface area contributed by atoms with Crippen molar-refractivity contribution in [3.63, 3.8) is 0 Å². The fourth-order valence-corrected chi connectivity index (χ4v) is 4.48. The summed E-state index contributed by atoms with van der Waals surface area (Å²) in [4.78, 5) is 26.8. The highest BCUT2D eigenvalue weighted by atomic mass is 19.4. The molecule has 5 atom stereocenters. The van der Waals surface area contributed by atoms with Crippen LogP contribution < -0.4 is 5.32 Å². The Morgan fingerprint density at radius 3 is 2.43 bits per heavy atom. The SMILES string of the molecule is COC1(C(F)(F)F)CCCC(NC(=O)[C@@H]2C[C@H]3C[C@H]3N2C(=O)OC(C)(C)C)C1. The summed E-state index contributed by atoms with van der Waals surface area (Å²) in [6, 6.07) is -1.34. The highest BCUT2D eigenvalue weighted by Gasteiger charge is 2.59. The average molecular weight is 406 g/mol. The minimum atomic E-state index is -4.50. The molecule has 3 rings (SSSR count). The standard InChI is InChI=1S/C19H29F3N2O4/c1-17(2,3)28-16(26)24-13-8-11(13)9-14(24)15(25)23-12-6-5-7-18(10-12,27-4)19(20,21)22/h11-14H,5-10H2,1-4H3,(H,23,25)/t11-,12?,13-,14+,18?/m1/s1. The molecule has 3 aliphatic rings. The number of alkyl halides is 3. The van der Waals surface area contributed by atoms with Crippen molar-refractivity contribution in [1.82, 2.24) is 10.2 Å². The Bertz CT molecular complexity index is 634. The Kier molecular flexibility index (Phi) is 5.36. The normalized spacial score (nSPS) is 35.3. The molecule has 0 aromatic carbocycles.